The smallest absolute Gasteiger partial charge is 0.357 e. The van der Waals surface area contributed by atoms with E-state index in [0.29, 0.717) is 16.8 Å². The van der Waals surface area contributed by atoms with Crippen molar-refractivity contribution in [2.75, 3.05) is 20.5 Å². The zero-order chi connectivity index (χ0) is 15.4. The summed E-state index contributed by atoms with van der Waals surface area (Å²) in [7, 11) is 2.99. The number of rotatable bonds is 5. The van der Waals surface area contributed by atoms with Crippen LogP contribution in [-0.2, 0) is 11.3 Å². The third kappa shape index (κ3) is 3.41. The van der Waals surface area contributed by atoms with Gasteiger partial charge in [-0.25, -0.2) is 9.78 Å². The number of esters is 1. The SMILES string of the molecule is COC(=O)c1c(Br)nc(SC)n1Cc1ccc(OC)cc1. The van der Waals surface area contributed by atoms with Crippen molar-refractivity contribution < 1.29 is 14.3 Å². The number of benzene rings is 1. The standard InChI is InChI=1S/C14H15BrN2O3S/c1-19-10-6-4-9(5-7-10)8-17-11(13(18)20-2)12(15)16-14(17)21-3/h4-7H,8H2,1-3H3. The molecular formula is C14H15BrN2O3S. The maximum absolute atomic E-state index is 11.9. The summed E-state index contributed by atoms with van der Waals surface area (Å²) in [5.41, 5.74) is 1.46. The number of carbonyl (C=O) groups excluding carboxylic acids is 1. The van der Waals surface area contributed by atoms with E-state index in [-0.39, 0.29) is 0 Å². The summed E-state index contributed by atoms with van der Waals surface area (Å²) in [5, 5.41) is 0.748. The van der Waals surface area contributed by atoms with Crippen molar-refractivity contribution in [1.29, 1.82) is 0 Å². The van der Waals surface area contributed by atoms with E-state index in [1.54, 1.807) is 7.11 Å². The van der Waals surface area contributed by atoms with Crippen LogP contribution in [0.4, 0.5) is 0 Å². The molecule has 5 nitrogen and oxygen atoms in total. The van der Waals surface area contributed by atoms with Crippen molar-refractivity contribution in [2.24, 2.45) is 0 Å². The molecule has 0 aliphatic heterocycles. The van der Waals surface area contributed by atoms with Crippen LogP contribution in [-0.4, -0.2) is 36.0 Å². The maximum Gasteiger partial charge on any atom is 0.357 e. The summed E-state index contributed by atoms with van der Waals surface area (Å²) in [5.74, 6) is 0.382. The van der Waals surface area contributed by atoms with Gasteiger partial charge in [-0.2, -0.15) is 0 Å². The molecule has 0 saturated heterocycles. The van der Waals surface area contributed by atoms with Crippen molar-refractivity contribution in [2.45, 2.75) is 11.7 Å². The first-order valence-electron chi connectivity index (χ1n) is 6.12. The fourth-order valence-electron chi connectivity index (χ4n) is 1.91. The van der Waals surface area contributed by atoms with Gasteiger partial charge in [-0.15, -0.1) is 0 Å². The van der Waals surface area contributed by atoms with Gasteiger partial charge in [0.2, 0.25) is 0 Å². The Bertz CT molecular complexity index is 640. The molecule has 0 aliphatic carbocycles. The summed E-state index contributed by atoms with van der Waals surface area (Å²) in [6.07, 6.45) is 1.92. The van der Waals surface area contributed by atoms with Crippen molar-refractivity contribution >= 4 is 33.7 Å². The molecule has 0 aliphatic rings. The molecule has 0 atom stereocenters. The Labute approximate surface area is 135 Å². The summed E-state index contributed by atoms with van der Waals surface area (Å²) in [6, 6.07) is 7.69. The van der Waals surface area contributed by atoms with Crippen LogP contribution >= 0.6 is 27.7 Å². The zero-order valence-electron chi connectivity index (χ0n) is 11.9. The first-order chi connectivity index (χ1) is 10.1. The monoisotopic (exact) mass is 370 g/mol. The summed E-state index contributed by atoms with van der Waals surface area (Å²) >= 11 is 4.79. The third-order valence-electron chi connectivity index (χ3n) is 2.95. The normalized spacial score (nSPS) is 10.5. The highest BCUT2D eigenvalue weighted by atomic mass is 79.9. The van der Waals surface area contributed by atoms with Crippen molar-refractivity contribution in [3.8, 4) is 5.75 Å². The highest BCUT2D eigenvalue weighted by Gasteiger charge is 2.22. The Hall–Kier alpha value is -1.47. The Morgan fingerprint density at radius 3 is 2.52 bits per heavy atom. The van der Waals surface area contributed by atoms with Crippen molar-refractivity contribution in [1.82, 2.24) is 9.55 Å². The molecule has 0 amide bonds. The van der Waals surface area contributed by atoms with E-state index in [4.69, 9.17) is 9.47 Å². The van der Waals surface area contributed by atoms with E-state index >= 15 is 0 Å². The first-order valence-corrected chi connectivity index (χ1v) is 8.13. The van der Waals surface area contributed by atoms with Gasteiger partial charge in [-0.3, -0.25) is 0 Å². The molecule has 0 spiro atoms. The predicted molar refractivity (Wildman–Crippen MR) is 85.1 cm³/mol. The van der Waals surface area contributed by atoms with E-state index in [2.05, 4.69) is 20.9 Å². The molecule has 0 unspecified atom stereocenters. The van der Waals surface area contributed by atoms with E-state index in [9.17, 15) is 4.79 Å². The molecule has 0 bridgehead atoms. The lowest BCUT2D eigenvalue weighted by Crippen LogP contribution is -2.12. The fourth-order valence-corrected chi connectivity index (χ4v) is 3.13. The minimum atomic E-state index is -0.414. The van der Waals surface area contributed by atoms with Crippen LogP contribution in [0.25, 0.3) is 0 Å². The van der Waals surface area contributed by atoms with Crippen molar-refractivity contribution in [3.05, 3.63) is 40.1 Å². The van der Waals surface area contributed by atoms with E-state index in [0.717, 1.165) is 16.5 Å². The summed E-state index contributed by atoms with van der Waals surface area (Å²) in [6.45, 7) is 0.531. The number of ether oxygens (including phenoxy) is 2. The lowest BCUT2D eigenvalue weighted by molar-refractivity contribution is 0.0587. The molecule has 7 heteroatoms. The Balaban J connectivity index is 2.39. The van der Waals surface area contributed by atoms with Gasteiger partial charge in [0.05, 0.1) is 20.8 Å². The van der Waals surface area contributed by atoms with Crippen LogP contribution in [0.3, 0.4) is 0 Å². The van der Waals surface area contributed by atoms with Crippen LogP contribution in [0.15, 0.2) is 34.0 Å². The minimum absolute atomic E-state index is 0.414. The second-order valence-electron chi connectivity index (χ2n) is 4.16. The minimum Gasteiger partial charge on any atom is -0.497 e. The van der Waals surface area contributed by atoms with Crippen LogP contribution in [0.2, 0.25) is 0 Å². The van der Waals surface area contributed by atoms with E-state index in [1.165, 1.54) is 18.9 Å². The highest BCUT2D eigenvalue weighted by molar-refractivity contribution is 9.10. The number of aromatic nitrogens is 2. The number of methoxy groups -OCH3 is 2. The molecule has 21 heavy (non-hydrogen) atoms. The molecule has 0 saturated carbocycles. The molecule has 0 fully saturated rings. The van der Waals surface area contributed by atoms with Crippen molar-refractivity contribution in [3.63, 3.8) is 0 Å². The first kappa shape index (κ1) is 15.9. The van der Waals surface area contributed by atoms with Gasteiger partial charge in [0.1, 0.15) is 10.4 Å². The zero-order valence-corrected chi connectivity index (χ0v) is 14.3. The summed E-state index contributed by atoms with van der Waals surface area (Å²) in [4.78, 5) is 16.3. The second-order valence-corrected chi connectivity index (χ2v) is 5.69. The van der Waals surface area contributed by atoms with Gasteiger partial charge < -0.3 is 14.0 Å². The molecule has 1 heterocycles. The Kier molecular flexibility index (Phi) is 5.30. The fraction of sp³-hybridized carbons (Fsp3) is 0.286. The lowest BCUT2D eigenvalue weighted by atomic mass is 10.2. The molecule has 1 aromatic carbocycles. The predicted octanol–water partition coefficient (Wildman–Crippen LogP) is 3.21. The Morgan fingerprint density at radius 1 is 1.33 bits per heavy atom. The number of thioether (sulfide) groups is 1. The molecule has 2 rings (SSSR count). The quantitative estimate of drug-likeness (QED) is 0.597. The maximum atomic E-state index is 11.9. The van der Waals surface area contributed by atoms with Gasteiger partial charge in [-0.1, -0.05) is 23.9 Å². The van der Waals surface area contributed by atoms with Gasteiger partial charge >= 0.3 is 5.97 Å². The van der Waals surface area contributed by atoms with Crippen LogP contribution < -0.4 is 4.74 Å². The second kappa shape index (κ2) is 7.00. The van der Waals surface area contributed by atoms with Crippen LogP contribution in [0.5, 0.6) is 5.75 Å². The number of imidazole rings is 1. The van der Waals surface area contributed by atoms with Gasteiger partial charge in [0.25, 0.3) is 0 Å². The molecule has 2 aromatic rings. The van der Waals surface area contributed by atoms with Gasteiger partial charge in [0.15, 0.2) is 10.9 Å². The number of hydrogen-bond acceptors (Lipinski definition) is 5. The van der Waals surface area contributed by atoms with Gasteiger partial charge in [0, 0.05) is 0 Å². The van der Waals surface area contributed by atoms with Gasteiger partial charge in [-0.05, 0) is 39.9 Å². The molecule has 0 N–H and O–H groups in total. The lowest BCUT2D eigenvalue weighted by Gasteiger charge is -2.10. The molecular weight excluding hydrogens is 356 g/mol. The average molecular weight is 371 g/mol. The highest BCUT2D eigenvalue weighted by Crippen LogP contribution is 2.26. The number of halogens is 1. The topological polar surface area (TPSA) is 53.3 Å². The third-order valence-corrected chi connectivity index (χ3v) is 4.18. The summed E-state index contributed by atoms with van der Waals surface area (Å²) < 4.78 is 12.3. The number of carbonyl (C=O) groups is 1. The molecule has 112 valence electrons. The van der Waals surface area contributed by atoms with E-state index in [1.807, 2.05) is 35.1 Å². The molecule has 1 aromatic heterocycles. The number of nitrogens with zero attached hydrogens (tertiary/aromatic N) is 2. The van der Waals surface area contributed by atoms with Crippen LogP contribution in [0.1, 0.15) is 16.1 Å². The van der Waals surface area contributed by atoms with Crippen LogP contribution in [0, 0.1) is 0 Å². The Morgan fingerprint density at radius 2 is 2.00 bits per heavy atom. The molecule has 0 radical (unpaired) electrons. The van der Waals surface area contributed by atoms with E-state index < -0.39 is 5.97 Å². The largest absolute Gasteiger partial charge is 0.497 e. The number of hydrogen-bond donors (Lipinski definition) is 0. The average Bonchev–Trinajstić information content (AvgIpc) is 2.83.